The average molecular weight is 525 g/mol. The number of carbonyl (C=O) groups excluding carboxylic acids is 2. The van der Waals surface area contributed by atoms with Crippen LogP contribution in [-0.4, -0.2) is 67.7 Å². The number of hydrogen-bond acceptors (Lipinski definition) is 7. The van der Waals surface area contributed by atoms with Crippen LogP contribution in [0.1, 0.15) is 55.1 Å². The van der Waals surface area contributed by atoms with Gasteiger partial charge in [-0.2, -0.15) is 0 Å². The third-order valence-electron chi connectivity index (χ3n) is 6.48. The third-order valence-corrected chi connectivity index (χ3v) is 6.48. The second-order valence-electron chi connectivity index (χ2n) is 10.4. The molecule has 0 spiro atoms. The van der Waals surface area contributed by atoms with Crippen LogP contribution in [0.3, 0.4) is 0 Å². The molecule has 1 aliphatic rings. The summed E-state index contributed by atoms with van der Waals surface area (Å²) >= 11 is 0. The molecule has 2 aromatic carbocycles. The lowest BCUT2D eigenvalue weighted by atomic mass is 10.0. The summed E-state index contributed by atoms with van der Waals surface area (Å²) in [6.07, 6.45) is 3.86. The number of hydrogen-bond donors (Lipinski definition) is 0. The highest BCUT2D eigenvalue weighted by atomic mass is 16.6. The summed E-state index contributed by atoms with van der Waals surface area (Å²) in [5, 5.41) is 1.04. The van der Waals surface area contributed by atoms with E-state index < -0.39 is 5.60 Å². The summed E-state index contributed by atoms with van der Waals surface area (Å²) in [5.41, 5.74) is 3.04. The molecule has 0 saturated carbocycles. The highest BCUT2D eigenvalue weighted by Crippen LogP contribution is 2.34. The van der Waals surface area contributed by atoms with Gasteiger partial charge in [-0.3, -0.25) is 9.47 Å². The lowest BCUT2D eigenvalue weighted by Crippen LogP contribution is -2.36. The van der Waals surface area contributed by atoms with E-state index in [0.717, 1.165) is 60.3 Å². The van der Waals surface area contributed by atoms with Crippen molar-refractivity contribution in [3.63, 3.8) is 0 Å². The molecule has 2 heterocycles. The Labute approximate surface area is 225 Å². The minimum Gasteiger partial charge on any atom is -0.496 e. The molecule has 0 atom stereocenters. The van der Waals surface area contributed by atoms with Gasteiger partial charge in [0.15, 0.2) is 0 Å². The maximum Gasteiger partial charge on any atom is 0.419 e. The molecule has 1 saturated heterocycles. The zero-order valence-electron chi connectivity index (χ0n) is 23.6. The molecule has 1 fully saturated rings. The SMILES string of the molecule is COC(=O)c1ccccc1.COc1cc(C)c2c(ccn2C(=O)OC(C)(C)C)c1CN1CCC(OC)CC1. The second kappa shape index (κ2) is 12.9. The highest BCUT2D eigenvalue weighted by molar-refractivity contribution is 5.95. The summed E-state index contributed by atoms with van der Waals surface area (Å²) in [6.45, 7) is 10.4. The molecule has 206 valence electrons. The summed E-state index contributed by atoms with van der Waals surface area (Å²) in [4.78, 5) is 25.9. The van der Waals surface area contributed by atoms with Gasteiger partial charge in [-0.15, -0.1) is 0 Å². The first-order chi connectivity index (χ1) is 18.1. The van der Waals surface area contributed by atoms with Gasteiger partial charge in [0, 0.05) is 43.9 Å². The Balaban J connectivity index is 0.000000336. The fourth-order valence-corrected chi connectivity index (χ4v) is 4.59. The van der Waals surface area contributed by atoms with Crippen molar-refractivity contribution in [2.24, 2.45) is 0 Å². The molecule has 8 heteroatoms. The zero-order chi connectivity index (χ0) is 27.9. The van der Waals surface area contributed by atoms with Crippen LogP contribution in [0.5, 0.6) is 5.75 Å². The Bertz CT molecular complexity index is 1220. The molecular formula is C30H40N2O6. The third kappa shape index (κ3) is 7.36. The van der Waals surface area contributed by atoms with Crippen molar-refractivity contribution in [3.05, 3.63) is 65.4 Å². The Hall–Kier alpha value is -3.36. The monoisotopic (exact) mass is 524 g/mol. The molecule has 0 bridgehead atoms. The molecule has 38 heavy (non-hydrogen) atoms. The predicted octanol–water partition coefficient (Wildman–Crippen LogP) is 5.83. The molecule has 0 unspecified atom stereocenters. The molecule has 4 rings (SSSR count). The molecule has 0 N–H and O–H groups in total. The normalized spacial score (nSPS) is 14.5. The standard InChI is InChI=1S/C22H32N2O4.C8H8O2/c1-15-13-19(27-6)18(14-23-10-7-16(26-5)8-11-23)17-9-12-24(20(15)17)21(25)28-22(2,3)4;1-10-8(9)7-5-3-2-4-6-7/h9,12-13,16H,7-8,10-11,14H2,1-6H3;2-6H,1H3. The first kappa shape index (κ1) is 29.2. The van der Waals surface area contributed by atoms with Gasteiger partial charge in [0.25, 0.3) is 0 Å². The van der Waals surface area contributed by atoms with E-state index in [0.29, 0.717) is 11.7 Å². The zero-order valence-corrected chi connectivity index (χ0v) is 23.6. The van der Waals surface area contributed by atoms with E-state index in [1.165, 1.54) is 7.11 Å². The maximum atomic E-state index is 12.7. The minimum atomic E-state index is -0.539. The Kier molecular flexibility index (Phi) is 9.94. The molecule has 1 aliphatic heterocycles. The van der Waals surface area contributed by atoms with Crippen molar-refractivity contribution < 1.29 is 28.5 Å². The lowest BCUT2D eigenvalue weighted by Gasteiger charge is -2.31. The summed E-state index contributed by atoms with van der Waals surface area (Å²) in [7, 11) is 4.85. The van der Waals surface area contributed by atoms with E-state index in [2.05, 4.69) is 9.64 Å². The molecule has 0 aliphatic carbocycles. The van der Waals surface area contributed by atoms with E-state index >= 15 is 0 Å². The maximum absolute atomic E-state index is 12.7. The molecular weight excluding hydrogens is 484 g/mol. The Morgan fingerprint density at radius 2 is 1.66 bits per heavy atom. The van der Waals surface area contributed by atoms with E-state index in [1.807, 2.05) is 45.9 Å². The Morgan fingerprint density at radius 1 is 1.00 bits per heavy atom. The number of carbonyl (C=O) groups is 2. The fraction of sp³-hybridized carbons (Fsp3) is 0.467. The number of likely N-dealkylation sites (tertiary alicyclic amines) is 1. The van der Waals surface area contributed by atoms with Crippen LogP contribution in [0.4, 0.5) is 4.79 Å². The quantitative estimate of drug-likeness (QED) is 0.389. The minimum absolute atomic E-state index is 0.291. The van der Waals surface area contributed by atoms with E-state index in [1.54, 1.807) is 49.2 Å². The van der Waals surface area contributed by atoms with Gasteiger partial charge in [0.1, 0.15) is 11.4 Å². The van der Waals surface area contributed by atoms with E-state index in [9.17, 15) is 9.59 Å². The Morgan fingerprint density at radius 3 is 2.21 bits per heavy atom. The number of aryl methyl sites for hydroxylation is 1. The number of fused-ring (bicyclic) bond motifs is 1. The molecule has 3 aromatic rings. The lowest BCUT2D eigenvalue weighted by molar-refractivity contribution is 0.0388. The van der Waals surface area contributed by atoms with Gasteiger partial charge >= 0.3 is 12.1 Å². The number of nitrogens with zero attached hydrogens (tertiary/aromatic N) is 2. The van der Waals surface area contributed by atoms with Crippen LogP contribution in [-0.2, 0) is 20.8 Å². The molecule has 1 aromatic heterocycles. The van der Waals surface area contributed by atoms with Crippen molar-refractivity contribution in [1.82, 2.24) is 9.47 Å². The van der Waals surface area contributed by atoms with Crippen molar-refractivity contribution in [1.29, 1.82) is 0 Å². The number of ether oxygens (including phenoxy) is 4. The van der Waals surface area contributed by atoms with Gasteiger partial charge in [0.2, 0.25) is 0 Å². The number of piperidine rings is 1. The second-order valence-corrected chi connectivity index (χ2v) is 10.4. The van der Waals surface area contributed by atoms with Crippen molar-refractivity contribution in [2.75, 3.05) is 34.4 Å². The van der Waals surface area contributed by atoms with Crippen LogP contribution >= 0.6 is 0 Å². The topological polar surface area (TPSA) is 79.2 Å². The van der Waals surface area contributed by atoms with Crippen molar-refractivity contribution in [3.8, 4) is 5.75 Å². The number of benzene rings is 2. The van der Waals surface area contributed by atoms with Gasteiger partial charge in [0.05, 0.1) is 31.4 Å². The van der Waals surface area contributed by atoms with Crippen LogP contribution in [0.25, 0.3) is 10.9 Å². The first-order valence-corrected chi connectivity index (χ1v) is 12.9. The van der Waals surface area contributed by atoms with Crippen LogP contribution < -0.4 is 4.74 Å². The first-order valence-electron chi connectivity index (χ1n) is 12.9. The smallest absolute Gasteiger partial charge is 0.419 e. The van der Waals surface area contributed by atoms with Crippen molar-refractivity contribution in [2.45, 2.75) is 58.8 Å². The van der Waals surface area contributed by atoms with Gasteiger partial charge < -0.3 is 18.9 Å². The number of aromatic nitrogens is 1. The predicted molar refractivity (Wildman–Crippen MR) is 148 cm³/mol. The van der Waals surface area contributed by atoms with Crippen LogP contribution in [0.2, 0.25) is 0 Å². The molecule has 8 nitrogen and oxygen atoms in total. The number of esters is 1. The largest absolute Gasteiger partial charge is 0.496 e. The van der Waals surface area contributed by atoms with Crippen molar-refractivity contribution >= 4 is 23.0 Å². The van der Waals surface area contributed by atoms with E-state index in [4.69, 9.17) is 14.2 Å². The van der Waals surface area contributed by atoms with Gasteiger partial charge in [-0.25, -0.2) is 9.59 Å². The average Bonchev–Trinajstić information content (AvgIpc) is 3.36. The van der Waals surface area contributed by atoms with Gasteiger partial charge in [-0.1, -0.05) is 18.2 Å². The van der Waals surface area contributed by atoms with Crippen LogP contribution in [0.15, 0.2) is 48.7 Å². The van der Waals surface area contributed by atoms with E-state index in [-0.39, 0.29) is 12.1 Å². The fourth-order valence-electron chi connectivity index (χ4n) is 4.59. The summed E-state index contributed by atoms with van der Waals surface area (Å²) in [5.74, 6) is 0.571. The van der Waals surface area contributed by atoms with Gasteiger partial charge in [-0.05, 0) is 70.4 Å². The highest BCUT2D eigenvalue weighted by Gasteiger charge is 2.24. The molecule has 0 amide bonds. The summed E-state index contributed by atoms with van der Waals surface area (Å²) in [6, 6.07) is 12.9. The number of rotatable bonds is 5. The number of methoxy groups -OCH3 is 3. The molecule has 0 radical (unpaired) electrons. The van der Waals surface area contributed by atoms with Crippen LogP contribution in [0, 0.1) is 6.92 Å². The summed E-state index contributed by atoms with van der Waals surface area (Å²) < 4.78 is 22.9.